The van der Waals surface area contributed by atoms with Gasteiger partial charge >= 0.3 is 0 Å². The van der Waals surface area contributed by atoms with Crippen LogP contribution in [0.1, 0.15) is 35.6 Å². The van der Waals surface area contributed by atoms with Crippen LogP contribution in [0.2, 0.25) is 0 Å². The molecule has 1 aromatic carbocycles. The van der Waals surface area contributed by atoms with Crippen molar-refractivity contribution in [3.05, 3.63) is 83.4 Å². The van der Waals surface area contributed by atoms with E-state index in [0.29, 0.717) is 12.8 Å². The molecule has 0 amide bonds. The first kappa shape index (κ1) is 17.2. The maximum absolute atomic E-state index is 10.1. The first-order chi connectivity index (χ1) is 12.7. The summed E-state index contributed by atoms with van der Waals surface area (Å²) >= 11 is 0. The molecule has 3 atom stereocenters. The van der Waals surface area contributed by atoms with Gasteiger partial charge in [0.2, 0.25) is 0 Å². The van der Waals surface area contributed by atoms with Crippen LogP contribution in [0.4, 0.5) is 0 Å². The fourth-order valence-electron chi connectivity index (χ4n) is 3.84. The molecule has 0 spiro atoms. The van der Waals surface area contributed by atoms with Crippen molar-refractivity contribution in [2.45, 2.75) is 37.6 Å². The normalized spacial score (nSPS) is 23.2. The first-order valence-electron chi connectivity index (χ1n) is 9.22. The maximum atomic E-state index is 10.1. The molecule has 2 N–H and O–H groups in total. The molecule has 1 fully saturated rings. The van der Waals surface area contributed by atoms with Crippen molar-refractivity contribution in [1.29, 1.82) is 0 Å². The number of benzene rings is 1. The molecule has 1 aromatic rings. The molecule has 0 saturated carbocycles. The average molecular weight is 348 g/mol. The van der Waals surface area contributed by atoms with Crippen LogP contribution in [0.15, 0.2) is 66.7 Å². The molecule has 0 radical (unpaired) electrons. The van der Waals surface area contributed by atoms with Gasteiger partial charge in [-0.05, 0) is 34.2 Å². The highest BCUT2D eigenvalue weighted by Crippen LogP contribution is 2.32. The van der Waals surface area contributed by atoms with Gasteiger partial charge in [-0.15, -0.1) is 0 Å². The van der Waals surface area contributed by atoms with E-state index in [1.54, 1.807) is 0 Å². The van der Waals surface area contributed by atoms with Crippen LogP contribution in [0.25, 0.3) is 11.1 Å². The van der Waals surface area contributed by atoms with Gasteiger partial charge in [0.25, 0.3) is 0 Å². The molecule has 26 heavy (non-hydrogen) atoms. The Labute approximate surface area is 154 Å². The van der Waals surface area contributed by atoms with Crippen LogP contribution in [0, 0.1) is 0 Å². The predicted molar refractivity (Wildman–Crippen MR) is 102 cm³/mol. The third kappa shape index (κ3) is 3.80. The minimum atomic E-state index is -0.421. The SMILES string of the molecule is OCC1C[C@H](O)C[C@H](c2cccc(Cc3cc4cccccc-4c3)c2)O1. The molecule has 1 saturated heterocycles. The number of aliphatic hydroxyl groups is 2. The monoisotopic (exact) mass is 348 g/mol. The molecule has 3 aliphatic rings. The molecule has 4 rings (SSSR count). The molecule has 1 heterocycles. The van der Waals surface area contributed by atoms with Gasteiger partial charge in [0.15, 0.2) is 0 Å². The van der Waals surface area contributed by atoms with Gasteiger partial charge in [-0.25, -0.2) is 0 Å². The van der Waals surface area contributed by atoms with Crippen LogP contribution in [0.3, 0.4) is 0 Å². The van der Waals surface area contributed by atoms with Crippen LogP contribution in [0.5, 0.6) is 0 Å². The molecule has 1 aliphatic heterocycles. The van der Waals surface area contributed by atoms with Crippen molar-refractivity contribution in [3.8, 4) is 11.1 Å². The third-order valence-corrected chi connectivity index (χ3v) is 5.10. The summed E-state index contributed by atoms with van der Waals surface area (Å²) < 4.78 is 5.95. The van der Waals surface area contributed by atoms with Crippen molar-refractivity contribution in [3.63, 3.8) is 0 Å². The molecular weight excluding hydrogens is 324 g/mol. The highest BCUT2D eigenvalue weighted by Gasteiger charge is 2.29. The summed E-state index contributed by atoms with van der Waals surface area (Å²) in [5.41, 5.74) is 6.10. The Kier molecular flexibility index (Phi) is 5.02. The molecule has 2 aliphatic carbocycles. The average Bonchev–Trinajstić information content (AvgIpc) is 2.89. The maximum Gasteiger partial charge on any atom is 0.0854 e. The van der Waals surface area contributed by atoms with Crippen LogP contribution in [-0.2, 0) is 11.2 Å². The first-order valence-corrected chi connectivity index (χ1v) is 9.22. The van der Waals surface area contributed by atoms with Crippen LogP contribution < -0.4 is 0 Å². The Bertz CT molecular complexity index is 814. The quantitative estimate of drug-likeness (QED) is 0.750. The fraction of sp³-hybridized carbons (Fsp3) is 0.304. The van der Waals surface area contributed by atoms with Crippen molar-refractivity contribution in [1.82, 2.24) is 0 Å². The van der Waals surface area contributed by atoms with E-state index in [0.717, 1.165) is 12.0 Å². The van der Waals surface area contributed by atoms with Crippen molar-refractivity contribution < 1.29 is 14.9 Å². The summed E-state index contributed by atoms with van der Waals surface area (Å²) in [7, 11) is 0. The van der Waals surface area contributed by atoms with Crippen molar-refractivity contribution in [2.75, 3.05) is 6.61 Å². The van der Waals surface area contributed by atoms with E-state index in [1.807, 2.05) is 18.2 Å². The Balaban J connectivity index is 1.55. The topological polar surface area (TPSA) is 49.7 Å². The van der Waals surface area contributed by atoms with Gasteiger partial charge in [-0.1, -0.05) is 66.7 Å². The van der Waals surface area contributed by atoms with Crippen LogP contribution in [-0.4, -0.2) is 29.0 Å². The lowest BCUT2D eigenvalue weighted by Crippen LogP contribution is -2.33. The Morgan fingerprint density at radius 3 is 2.35 bits per heavy atom. The summed E-state index contributed by atoms with van der Waals surface area (Å²) in [6.07, 6.45) is 1.09. The molecule has 0 aromatic heterocycles. The van der Waals surface area contributed by atoms with E-state index in [1.165, 1.54) is 22.3 Å². The van der Waals surface area contributed by atoms with Crippen molar-refractivity contribution >= 4 is 0 Å². The summed E-state index contributed by atoms with van der Waals surface area (Å²) in [6, 6.07) is 23.3. The van der Waals surface area contributed by atoms with E-state index in [4.69, 9.17) is 4.74 Å². The zero-order chi connectivity index (χ0) is 17.9. The zero-order valence-corrected chi connectivity index (χ0v) is 14.7. The number of hydrogen-bond donors (Lipinski definition) is 2. The lowest BCUT2D eigenvalue weighted by Gasteiger charge is -2.32. The Morgan fingerprint density at radius 1 is 0.846 bits per heavy atom. The molecule has 0 bridgehead atoms. The summed E-state index contributed by atoms with van der Waals surface area (Å²) in [5.74, 6) is 0. The highest BCUT2D eigenvalue weighted by molar-refractivity contribution is 5.68. The molecule has 1 unspecified atom stereocenters. The predicted octanol–water partition coefficient (Wildman–Crippen LogP) is 3.96. The third-order valence-electron chi connectivity index (χ3n) is 5.10. The number of aliphatic hydroxyl groups excluding tert-OH is 2. The summed E-state index contributed by atoms with van der Waals surface area (Å²) in [5, 5.41) is 19.4. The Hall–Kier alpha value is -2.20. The van der Waals surface area contributed by atoms with Crippen LogP contribution >= 0.6 is 0 Å². The van der Waals surface area contributed by atoms with Gasteiger partial charge < -0.3 is 14.9 Å². The van der Waals surface area contributed by atoms with E-state index in [9.17, 15) is 10.2 Å². The smallest absolute Gasteiger partial charge is 0.0854 e. The van der Waals surface area contributed by atoms with Gasteiger partial charge in [0.05, 0.1) is 24.9 Å². The molecule has 134 valence electrons. The largest absolute Gasteiger partial charge is 0.394 e. The second-order valence-electron chi connectivity index (χ2n) is 7.16. The highest BCUT2D eigenvalue weighted by atomic mass is 16.5. The second kappa shape index (κ2) is 7.58. The molecule has 3 heteroatoms. The molecular formula is C23H24O3. The standard InChI is InChI=1S/C23H24O3/c24-15-22-13-21(25)14-23(26-22)20-8-4-5-16(10-20)9-17-11-18-6-2-1-3-7-19(18)12-17/h1-8,10-12,21-25H,9,13-15H2/t21-,22?,23+/m0/s1. The van der Waals surface area contributed by atoms with Gasteiger partial charge in [0, 0.05) is 12.8 Å². The van der Waals surface area contributed by atoms with E-state index < -0.39 is 6.10 Å². The number of fused-ring (bicyclic) bond motifs is 1. The summed E-state index contributed by atoms with van der Waals surface area (Å²) in [6.45, 7) is -0.0508. The van der Waals surface area contributed by atoms with Gasteiger partial charge in [-0.3, -0.25) is 0 Å². The zero-order valence-electron chi connectivity index (χ0n) is 14.7. The number of rotatable bonds is 4. The van der Waals surface area contributed by atoms with Gasteiger partial charge in [-0.2, -0.15) is 0 Å². The lowest BCUT2D eigenvalue weighted by atomic mass is 9.94. The van der Waals surface area contributed by atoms with Gasteiger partial charge in [0.1, 0.15) is 0 Å². The Morgan fingerprint density at radius 2 is 1.62 bits per heavy atom. The van der Waals surface area contributed by atoms with E-state index in [2.05, 4.69) is 48.5 Å². The minimum absolute atomic E-state index is 0.0508. The van der Waals surface area contributed by atoms with E-state index >= 15 is 0 Å². The fourth-order valence-corrected chi connectivity index (χ4v) is 3.84. The minimum Gasteiger partial charge on any atom is -0.394 e. The number of ether oxygens (including phenoxy) is 1. The van der Waals surface area contributed by atoms with Crippen molar-refractivity contribution in [2.24, 2.45) is 0 Å². The second-order valence-corrected chi connectivity index (χ2v) is 7.16. The number of hydrogen-bond acceptors (Lipinski definition) is 3. The lowest BCUT2D eigenvalue weighted by molar-refractivity contribution is -0.113. The van der Waals surface area contributed by atoms with E-state index in [-0.39, 0.29) is 18.8 Å². The summed E-state index contributed by atoms with van der Waals surface area (Å²) in [4.78, 5) is 0. The molecule has 3 nitrogen and oxygen atoms in total.